The summed E-state index contributed by atoms with van der Waals surface area (Å²) in [6.45, 7) is 4.20. The lowest BCUT2D eigenvalue weighted by atomic mass is 10.1. The monoisotopic (exact) mass is 264 g/mol. The molecule has 3 aromatic carbocycles. The molecule has 0 heterocycles. The highest BCUT2D eigenvalue weighted by Crippen LogP contribution is 2.16. The van der Waals surface area contributed by atoms with E-state index in [1.54, 1.807) is 7.11 Å². The van der Waals surface area contributed by atoms with Crippen LogP contribution in [0.25, 0.3) is 10.8 Å². The van der Waals surface area contributed by atoms with Gasteiger partial charge in [-0.3, -0.25) is 0 Å². The molecular weight excluding hydrogens is 244 g/mol. The second-order valence-corrected chi connectivity index (χ2v) is 4.81. The standard InChI is InChI=1S/C11H10.C8H10O/c1-9-5-4-7-10-6-2-3-8-11(9)10;1-7-3-5-8(9-2)6-4-7/h2-8H,1H3;3-6H,1-2H3. The molecule has 0 amide bonds. The lowest BCUT2D eigenvalue weighted by Crippen LogP contribution is -1.80. The molecule has 3 aromatic rings. The van der Waals surface area contributed by atoms with Crippen molar-refractivity contribution >= 4 is 10.8 Å². The third-order valence-corrected chi connectivity index (χ3v) is 3.26. The highest BCUT2D eigenvalue weighted by Gasteiger charge is 1.92. The molecule has 0 aliphatic carbocycles. The van der Waals surface area contributed by atoms with Gasteiger partial charge in [-0.05, 0) is 42.3 Å². The average Bonchev–Trinajstić information content (AvgIpc) is 2.49. The van der Waals surface area contributed by atoms with Gasteiger partial charge in [-0.1, -0.05) is 60.2 Å². The van der Waals surface area contributed by atoms with Crippen LogP contribution < -0.4 is 4.74 Å². The number of hydrogen-bond donors (Lipinski definition) is 0. The number of ether oxygens (including phenoxy) is 1. The van der Waals surface area contributed by atoms with Gasteiger partial charge in [0, 0.05) is 0 Å². The second-order valence-electron chi connectivity index (χ2n) is 4.81. The summed E-state index contributed by atoms with van der Waals surface area (Å²) in [5.41, 5.74) is 2.61. The lowest BCUT2D eigenvalue weighted by molar-refractivity contribution is 0.414. The van der Waals surface area contributed by atoms with E-state index in [9.17, 15) is 0 Å². The minimum atomic E-state index is 0.917. The largest absolute Gasteiger partial charge is 0.497 e. The van der Waals surface area contributed by atoms with Crippen molar-refractivity contribution in [2.24, 2.45) is 0 Å². The van der Waals surface area contributed by atoms with Crippen LogP contribution in [0.4, 0.5) is 0 Å². The fourth-order valence-corrected chi connectivity index (χ4v) is 2.06. The Hall–Kier alpha value is -2.28. The molecule has 0 aromatic heterocycles. The Morgan fingerprint density at radius 1 is 0.700 bits per heavy atom. The lowest BCUT2D eigenvalue weighted by Gasteiger charge is -1.98. The number of aryl methyl sites for hydroxylation is 2. The van der Waals surface area contributed by atoms with Gasteiger partial charge in [0.2, 0.25) is 0 Å². The van der Waals surface area contributed by atoms with Gasteiger partial charge in [0.1, 0.15) is 5.75 Å². The van der Waals surface area contributed by atoms with Gasteiger partial charge in [-0.2, -0.15) is 0 Å². The van der Waals surface area contributed by atoms with Crippen LogP contribution in [0.5, 0.6) is 5.75 Å². The van der Waals surface area contributed by atoms with E-state index in [-0.39, 0.29) is 0 Å². The van der Waals surface area contributed by atoms with Gasteiger partial charge in [0.15, 0.2) is 0 Å². The Morgan fingerprint density at radius 3 is 2.00 bits per heavy atom. The predicted molar refractivity (Wildman–Crippen MR) is 86.4 cm³/mol. The van der Waals surface area contributed by atoms with Crippen LogP contribution in [-0.4, -0.2) is 7.11 Å². The molecule has 0 aliphatic heterocycles. The van der Waals surface area contributed by atoms with Crippen molar-refractivity contribution in [1.82, 2.24) is 0 Å². The molecule has 0 radical (unpaired) electrons. The quantitative estimate of drug-likeness (QED) is 0.590. The molecule has 20 heavy (non-hydrogen) atoms. The molecule has 0 unspecified atom stereocenters. The van der Waals surface area contributed by atoms with Crippen LogP contribution in [0.15, 0.2) is 66.7 Å². The molecule has 1 nitrogen and oxygen atoms in total. The van der Waals surface area contributed by atoms with Gasteiger partial charge in [0.25, 0.3) is 0 Å². The smallest absolute Gasteiger partial charge is 0.118 e. The first kappa shape index (κ1) is 14.1. The average molecular weight is 264 g/mol. The van der Waals surface area contributed by atoms with Crippen molar-refractivity contribution in [2.75, 3.05) is 7.11 Å². The Bertz CT molecular complexity index is 663. The SMILES string of the molecule is COc1ccc(C)cc1.Cc1cccc2ccccc12. The number of methoxy groups -OCH3 is 1. The molecule has 0 fully saturated rings. The van der Waals surface area contributed by atoms with Gasteiger partial charge in [0.05, 0.1) is 7.11 Å². The van der Waals surface area contributed by atoms with E-state index in [0.717, 1.165) is 5.75 Å². The zero-order valence-corrected chi connectivity index (χ0v) is 12.3. The van der Waals surface area contributed by atoms with Crippen molar-refractivity contribution in [3.05, 3.63) is 77.9 Å². The maximum absolute atomic E-state index is 4.97. The molecule has 0 saturated heterocycles. The van der Waals surface area contributed by atoms with Crippen molar-refractivity contribution in [3.63, 3.8) is 0 Å². The predicted octanol–water partition coefficient (Wildman–Crippen LogP) is 5.15. The van der Waals surface area contributed by atoms with Gasteiger partial charge in [-0.15, -0.1) is 0 Å². The third-order valence-electron chi connectivity index (χ3n) is 3.26. The number of fused-ring (bicyclic) bond motifs is 1. The summed E-state index contributed by atoms with van der Waals surface area (Å²) < 4.78 is 4.97. The summed E-state index contributed by atoms with van der Waals surface area (Å²) in [6.07, 6.45) is 0. The molecule has 0 atom stereocenters. The van der Waals surface area contributed by atoms with Crippen LogP contribution in [-0.2, 0) is 0 Å². The fraction of sp³-hybridized carbons (Fsp3) is 0.158. The van der Waals surface area contributed by atoms with E-state index in [1.807, 2.05) is 24.3 Å². The number of rotatable bonds is 1. The van der Waals surface area contributed by atoms with Crippen LogP contribution in [0.2, 0.25) is 0 Å². The zero-order valence-electron chi connectivity index (χ0n) is 12.3. The summed E-state index contributed by atoms with van der Waals surface area (Å²) in [5.74, 6) is 0.917. The van der Waals surface area contributed by atoms with Crippen LogP contribution in [0, 0.1) is 13.8 Å². The van der Waals surface area contributed by atoms with Crippen LogP contribution in [0.3, 0.4) is 0 Å². The summed E-state index contributed by atoms with van der Waals surface area (Å²) in [6, 6.07) is 22.8. The van der Waals surface area contributed by atoms with Crippen LogP contribution in [0.1, 0.15) is 11.1 Å². The Labute approximate surface area is 120 Å². The maximum atomic E-state index is 4.97. The minimum absolute atomic E-state index is 0.917. The number of hydrogen-bond acceptors (Lipinski definition) is 1. The summed E-state index contributed by atoms with van der Waals surface area (Å²) in [5, 5.41) is 2.68. The molecule has 0 spiro atoms. The first-order valence-electron chi connectivity index (χ1n) is 6.76. The number of benzene rings is 3. The highest BCUT2D eigenvalue weighted by atomic mass is 16.5. The van der Waals surface area contributed by atoms with Gasteiger partial charge in [-0.25, -0.2) is 0 Å². The second kappa shape index (κ2) is 6.76. The molecule has 102 valence electrons. The van der Waals surface area contributed by atoms with E-state index < -0.39 is 0 Å². The molecule has 0 saturated carbocycles. The Balaban J connectivity index is 0.000000151. The molecule has 0 N–H and O–H groups in total. The first-order valence-corrected chi connectivity index (χ1v) is 6.76. The summed E-state index contributed by atoms with van der Waals surface area (Å²) in [4.78, 5) is 0. The first-order chi connectivity index (χ1) is 9.70. The van der Waals surface area contributed by atoms with Crippen molar-refractivity contribution < 1.29 is 4.74 Å². The van der Waals surface area contributed by atoms with Gasteiger partial charge >= 0.3 is 0 Å². The van der Waals surface area contributed by atoms with Gasteiger partial charge < -0.3 is 4.74 Å². The normalized spacial score (nSPS) is 9.75. The zero-order chi connectivity index (χ0) is 14.4. The molecule has 0 aliphatic rings. The molecule has 3 rings (SSSR count). The van der Waals surface area contributed by atoms with E-state index in [0.29, 0.717) is 0 Å². The molecule has 1 heteroatoms. The topological polar surface area (TPSA) is 9.23 Å². The van der Waals surface area contributed by atoms with E-state index in [1.165, 1.54) is 21.9 Å². The van der Waals surface area contributed by atoms with E-state index >= 15 is 0 Å². The third kappa shape index (κ3) is 3.61. The highest BCUT2D eigenvalue weighted by molar-refractivity contribution is 5.85. The fourth-order valence-electron chi connectivity index (χ4n) is 2.06. The van der Waals surface area contributed by atoms with Crippen molar-refractivity contribution in [3.8, 4) is 5.75 Å². The Kier molecular flexibility index (Phi) is 4.78. The van der Waals surface area contributed by atoms with Crippen molar-refractivity contribution in [2.45, 2.75) is 13.8 Å². The summed E-state index contributed by atoms with van der Waals surface area (Å²) >= 11 is 0. The molecule has 0 bridgehead atoms. The summed E-state index contributed by atoms with van der Waals surface area (Å²) in [7, 11) is 1.67. The van der Waals surface area contributed by atoms with Crippen LogP contribution >= 0.6 is 0 Å². The van der Waals surface area contributed by atoms with Crippen molar-refractivity contribution in [1.29, 1.82) is 0 Å². The Morgan fingerprint density at radius 2 is 1.35 bits per heavy atom. The van der Waals surface area contributed by atoms with E-state index in [2.05, 4.69) is 56.3 Å². The minimum Gasteiger partial charge on any atom is -0.497 e. The maximum Gasteiger partial charge on any atom is 0.118 e. The molecular formula is C19H20O. The van der Waals surface area contributed by atoms with E-state index in [4.69, 9.17) is 4.74 Å².